The molecule has 0 aromatic rings. The second-order valence-electron chi connectivity index (χ2n) is 4.54. The lowest BCUT2D eigenvalue weighted by molar-refractivity contribution is -0.206. The van der Waals surface area contributed by atoms with Crippen LogP contribution in [0.3, 0.4) is 0 Å². The van der Waals surface area contributed by atoms with Gasteiger partial charge in [0.25, 0.3) is 12.6 Å². The van der Waals surface area contributed by atoms with E-state index in [1.807, 2.05) is 0 Å². The summed E-state index contributed by atoms with van der Waals surface area (Å²) in [7, 11) is 0. The largest absolute Gasteiger partial charge is 0.477 e. The first kappa shape index (κ1) is 13.7. The third-order valence-corrected chi connectivity index (χ3v) is 3.25. The molecule has 7 unspecified atom stereocenters. The van der Waals surface area contributed by atoms with Crippen molar-refractivity contribution >= 4 is 11.9 Å². The smallest absolute Gasteiger partial charge is 0.361 e. The van der Waals surface area contributed by atoms with Crippen LogP contribution < -0.4 is 0 Å². The monoisotopic (exact) mass is 292 g/mol. The normalized spacial score (nSPS) is 47.4. The molecule has 0 saturated carbocycles. The number of carboxylic acids is 2. The highest BCUT2D eigenvalue weighted by atomic mass is 16.8. The standard InChI is InChI=1S/C10H12O10/c11-3-4(2-1-16-9(17-2)6(12)13)18-8-5(3)19-10(20-8)7(14)15/h2-5,8-11H,1H2,(H,12,13)(H,14,15). The molecule has 3 fully saturated rings. The van der Waals surface area contributed by atoms with Crippen molar-refractivity contribution in [2.75, 3.05) is 6.61 Å². The van der Waals surface area contributed by atoms with Crippen LogP contribution in [-0.4, -0.2) is 77.2 Å². The fourth-order valence-corrected chi connectivity index (χ4v) is 2.36. The van der Waals surface area contributed by atoms with Gasteiger partial charge in [-0.3, -0.25) is 0 Å². The summed E-state index contributed by atoms with van der Waals surface area (Å²) in [4.78, 5) is 21.4. The number of aliphatic hydroxyl groups excluding tert-OH is 1. The maximum atomic E-state index is 10.7. The van der Waals surface area contributed by atoms with E-state index in [4.69, 9.17) is 33.9 Å². The Morgan fingerprint density at radius 2 is 1.60 bits per heavy atom. The van der Waals surface area contributed by atoms with Gasteiger partial charge in [-0.2, -0.15) is 0 Å². The van der Waals surface area contributed by atoms with Crippen LogP contribution in [-0.2, 0) is 33.3 Å². The highest BCUT2D eigenvalue weighted by molar-refractivity contribution is 5.71. The van der Waals surface area contributed by atoms with E-state index in [1.165, 1.54) is 0 Å². The zero-order valence-electron chi connectivity index (χ0n) is 9.95. The number of aliphatic carboxylic acids is 2. The Labute approximate surface area is 111 Å². The molecule has 3 aliphatic heterocycles. The van der Waals surface area contributed by atoms with E-state index in [-0.39, 0.29) is 6.61 Å². The lowest BCUT2D eigenvalue weighted by Gasteiger charge is -2.21. The van der Waals surface area contributed by atoms with E-state index < -0.39 is 55.2 Å². The predicted molar refractivity (Wildman–Crippen MR) is 54.3 cm³/mol. The Morgan fingerprint density at radius 1 is 0.900 bits per heavy atom. The summed E-state index contributed by atoms with van der Waals surface area (Å²) >= 11 is 0. The summed E-state index contributed by atoms with van der Waals surface area (Å²) in [5.74, 6) is -2.60. The summed E-state index contributed by atoms with van der Waals surface area (Å²) in [5, 5.41) is 27.5. The molecule has 3 N–H and O–H groups in total. The Hall–Kier alpha value is -1.30. The highest BCUT2D eigenvalue weighted by Gasteiger charge is 2.57. The maximum absolute atomic E-state index is 10.7. The molecule has 0 aromatic heterocycles. The van der Waals surface area contributed by atoms with Crippen molar-refractivity contribution in [1.29, 1.82) is 0 Å². The van der Waals surface area contributed by atoms with Crippen LogP contribution >= 0.6 is 0 Å². The summed E-state index contributed by atoms with van der Waals surface area (Å²) in [6, 6.07) is 0. The van der Waals surface area contributed by atoms with Crippen LogP contribution in [0.15, 0.2) is 0 Å². The molecule has 3 rings (SSSR count). The van der Waals surface area contributed by atoms with Gasteiger partial charge in [0, 0.05) is 0 Å². The molecular weight excluding hydrogens is 280 g/mol. The number of carbonyl (C=O) groups is 2. The van der Waals surface area contributed by atoms with Crippen LogP contribution in [0.25, 0.3) is 0 Å². The van der Waals surface area contributed by atoms with Gasteiger partial charge in [-0.1, -0.05) is 0 Å². The minimum absolute atomic E-state index is 0.0690. The predicted octanol–water partition coefficient (Wildman–Crippen LogP) is -2.28. The zero-order chi connectivity index (χ0) is 14.4. The highest BCUT2D eigenvalue weighted by Crippen LogP contribution is 2.35. The van der Waals surface area contributed by atoms with Crippen molar-refractivity contribution in [1.82, 2.24) is 0 Å². The molecule has 0 aliphatic carbocycles. The minimum atomic E-state index is -1.49. The molecule has 0 bridgehead atoms. The molecule has 3 aliphatic rings. The summed E-state index contributed by atoms with van der Waals surface area (Å²) in [6.07, 6.45) is -7.82. The second-order valence-corrected chi connectivity index (χ2v) is 4.54. The van der Waals surface area contributed by atoms with Gasteiger partial charge in [0.15, 0.2) is 6.29 Å². The van der Waals surface area contributed by atoms with E-state index in [0.29, 0.717) is 0 Å². The lowest BCUT2D eigenvalue weighted by Crippen LogP contribution is -2.42. The van der Waals surface area contributed by atoms with Gasteiger partial charge in [-0.25, -0.2) is 9.59 Å². The third-order valence-electron chi connectivity index (χ3n) is 3.25. The van der Waals surface area contributed by atoms with Gasteiger partial charge in [0.05, 0.1) is 6.61 Å². The molecule has 0 radical (unpaired) electrons. The van der Waals surface area contributed by atoms with Gasteiger partial charge in [0.2, 0.25) is 0 Å². The first-order chi connectivity index (χ1) is 9.47. The van der Waals surface area contributed by atoms with Crippen LogP contribution in [0.5, 0.6) is 0 Å². The number of fused-ring (bicyclic) bond motifs is 1. The molecular formula is C10H12O10. The molecule has 0 spiro atoms. The van der Waals surface area contributed by atoms with Gasteiger partial charge in [-0.05, 0) is 0 Å². The Balaban J connectivity index is 1.62. The molecule has 20 heavy (non-hydrogen) atoms. The Morgan fingerprint density at radius 3 is 2.15 bits per heavy atom. The molecule has 10 nitrogen and oxygen atoms in total. The van der Waals surface area contributed by atoms with Gasteiger partial charge < -0.3 is 39.0 Å². The molecule has 10 heteroatoms. The van der Waals surface area contributed by atoms with E-state index in [0.717, 1.165) is 0 Å². The minimum Gasteiger partial charge on any atom is -0.477 e. The number of hydrogen-bond donors (Lipinski definition) is 3. The van der Waals surface area contributed by atoms with Crippen molar-refractivity contribution in [3.05, 3.63) is 0 Å². The third kappa shape index (κ3) is 2.16. The van der Waals surface area contributed by atoms with Crippen molar-refractivity contribution in [2.24, 2.45) is 0 Å². The quantitative estimate of drug-likeness (QED) is 0.521. The fraction of sp³-hybridized carbons (Fsp3) is 0.800. The first-order valence-corrected chi connectivity index (χ1v) is 5.84. The van der Waals surface area contributed by atoms with E-state index >= 15 is 0 Å². The number of ether oxygens (including phenoxy) is 5. The van der Waals surface area contributed by atoms with E-state index in [1.54, 1.807) is 0 Å². The van der Waals surface area contributed by atoms with Gasteiger partial charge in [-0.15, -0.1) is 0 Å². The van der Waals surface area contributed by atoms with Crippen molar-refractivity contribution in [3.8, 4) is 0 Å². The van der Waals surface area contributed by atoms with Crippen LogP contribution in [0.2, 0.25) is 0 Å². The van der Waals surface area contributed by atoms with Gasteiger partial charge in [0.1, 0.15) is 24.4 Å². The van der Waals surface area contributed by atoms with Crippen molar-refractivity contribution in [3.63, 3.8) is 0 Å². The number of carboxylic acid groups (broad SMARTS) is 2. The van der Waals surface area contributed by atoms with Crippen LogP contribution in [0.4, 0.5) is 0 Å². The number of rotatable bonds is 3. The van der Waals surface area contributed by atoms with Crippen LogP contribution in [0, 0.1) is 0 Å². The summed E-state index contributed by atoms with van der Waals surface area (Å²) in [5.41, 5.74) is 0. The average molecular weight is 292 g/mol. The summed E-state index contributed by atoms with van der Waals surface area (Å²) in [6.45, 7) is -0.0690. The van der Waals surface area contributed by atoms with Crippen molar-refractivity contribution in [2.45, 2.75) is 43.3 Å². The maximum Gasteiger partial charge on any atom is 0.361 e. The second kappa shape index (κ2) is 4.91. The Bertz CT molecular complexity index is 424. The first-order valence-electron chi connectivity index (χ1n) is 5.84. The Kier molecular flexibility index (Phi) is 3.36. The molecule has 3 heterocycles. The van der Waals surface area contributed by atoms with Crippen LogP contribution in [0.1, 0.15) is 0 Å². The summed E-state index contributed by atoms with van der Waals surface area (Å²) < 4.78 is 25.3. The topological polar surface area (TPSA) is 141 Å². The van der Waals surface area contributed by atoms with Crippen molar-refractivity contribution < 1.29 is 48.6 Å². The molecule has 112 valence electrons. The molecule has 7 atom stereocenters. The zero-order valence-corrected chi connectivity index (χ0v) is 9.95. The van der Waals surface area contributed by atoms with E-state index in [2.05, 4.69) is 0 Å². The number of hydrogen-bond acceptors (Lipinski definition) is 8. The fourth-order valence-electron chi connectivity index (χ4n) is 2.36. The molecule has 0 aromatic carbocycles. The average Bonchev–Trinajstić information content (AvgIpc) is 3.05. The molecule has 0 amide bonds. The lowest BCUT2D eigenvalue weighted by atomic mass is 10.1. The van der Waals surface area contributed by atoms with E-state index in [9.17, 15) is 14.7 Å². The number of aliphatic hydroxyl groups is 1. The van der Waals surface area contributed by atoms with Gasteiger partial charge >= 0.3 is 11.9 Å². The molecule has 3 saturated heterocycles. The SMILES string of the molecule is O=C(O)C1OCC(C2OC3OC(C(=O)O)OC3C2O)O1.